The van der Waals surface area contributed by atoms with Crippen LogP contribution in [0.15, 0.2) is 16.6 Å². The lowest BCUT2D eigenvalue weighted by molar-refractivity contribution is 0.0972. The van der Waals surface area contributed by atoms with Gasteiger partial charge in [-0.25, -0.2) is 4.39 Å². The molecule has 0 aliphatic rings. The van der Waals surface area contributed by atoms with Crippen molar-refractivity contribution in [1.29, 1.82) is 0 Å². The molecule has 0 spiro atoms. The van der Waals surface area contributed by atoms with Gasteiger partial charge in [0.05, 0.1) is 17.1 Å². The molecule has 0 heterocycles. The van der Waals surface area contributed by atoms with Crippen molar-refractivity contribution in [2.45, 2.75) is 26.7 Å². The Labute approximate surface area is 109 Å². The molecule has 2 nitrogen and oxygen atoms in total. The number of ketones is 1. The van der Waals surface area contributed by atoms with Crippen molar-refractivity contribution >= 4 is 21.7 Å². The summed E-state index contributed by atoms with van der Waals surface area (Å²) in [6.07, 6.45) is 1.27. The van der Waals surface area contributed by atoms with Gasteiger partial charge in [0.15, 0.2) is 5.78 Å². The van der Waals surface area contributed by atoms with Gasteiger partial charge in [0.1, 0.15) is 11.6 Å². The zero-order chi connectivity index (χ0) is 13.0. The van der Waals surface area contributed by atoms with E-state index in [4.69, 9.17) is 4.74 Å². The summed E-state index contributed by atoms with van der Waals surface area (Å²) < 4.78 is 18.6. The Morgan fingerprint density at radius 2 is 2.12 bits per heavy atom. The number of ether oxygens (including phenoxy) is 1. The third-order valence-corrected chi connectivity index (χ3v) is 3.10. The first-order valence-corrected chi connectivity index (χ1v) is 6.31. The van der Waals surface area contributed by atoms with Gasteiger partial charge in [0.25, 0.3) is 0 Å². The first-order valence-electron chi connectivity index (χ1n) is 5.52. The van der Waals surface area contributed by atoms with Crippen molar-refractivity contribution < 1.29 is 13.9 Å². The van der Waals surface area contributed by atoms with Crippen molar-refractivity contribution in [3.8, 4) is 5.75 Å². The molecule has 0 aromatic heterocycles. The summed E-state index contributed by atoms with van der Waals surface area (Å²) in [5, 5.41) is 0. The molecule has 1 rings (SSSR count). The van der Waals surface area contributed by atoms with E-state index in [2.05, 4.69) is 29.8 Å². The van der Waals surface area contributed by atoms with Crippen LogP contribution in [0.5, 0.6) is 5.75 Å². The van der Waals surface area contributed by atoms with Crippen molar-refractivity contribution in [3.05, 3.63) is 28.0 Å². The molecule has 4 heteroatoms. The summed E-state index contributed by atoms with van der Waals surface area (Å²) >= 11 is 3.07. The minimum absolute atomic E-state index is 0.0174. The van der Waals surface area contributed by atoms with E-state index in [-0.39, 0.29) is 10.3 Å². The second-order valence-electron chi connectivity index (χ2n) is 4.32. The lowest BCUT2D eigenvalue weighted by Crippen LogP contribution is -2.04. The van der Waals surface area contributed by atoms with Crippen molar-refractivity contribution in [3.63, 3.8) is 0 Å². The topological polar surface area (TPSA) is 26.3 Å². The summed E-state index contributed by atoms with van der Waals surface area (Å²) in [5.41, 5.74) is 0.432. The summed E-state index contributed by atoms with van der Waals surface area (Å²) in [5.74, 6) is 0.312. The quantitative estimate of drug-likeness (QED) is 0.761. The van der Waals surface area contributed by atoms with Crippen LogP contribution in [0, 0.1) is 11.7 Å². The number of carbonyl (C=O) groups excluding carboxylic acids is 1. The normalized spacial score (nSPS) is 10.7. The van der Waals surface area contributed by atoms with E-state index < -0.39 is 5.82 Å². The zero-order valence-corrected chi connectivity index (χ0v) is 11.8. The monoisotopic (exact) mass is 302 g/mol. The highest BCUT2D eigenvalue weighted by atomic mass is 79.9. The van der Waals surface area contributed by atoms with Crippen LogP contribution in [0.4, 0.5) is 4.39 Å². The third kappa shape index (κ3) is 3.80. The maximum atomic E-state index is 13.3. The Bertz CT molecular complexity index is 416. The first-order chi connectivity index (χ1) is 7.95. The molecule has 0 bridgehead atoms. The van der Waals surface area contributed by atoms with Gasteiger partial charge in [-0.2, -0.15) is 0 Å². The number of halogens is 2. The van der Waals surface area contributed by atoms with Crippen LogP contribution in [0.2, 0.25) is 0 Å². The van der Waals surface area contributed by atoms with E-state index in [0.717, 1.165) is 6.42 Å². The average Bonchev–Trinajstić information content (AvgIpc) is 2.28. The van der Waals surface area contributed by atoms with Crippen molar-refractivity contribution in [2.24, 2.45) is 5.92 Å². The summed E-state index contributed by atoms with van der Waals surface area (Å²) in [7, 11) is 1.43. The number of benzene rings is 1. The molecule has 94 valence electrons. The molecule has 0 unspecified atom stereocenters. The molecule has 0 N–H and O–H groups in total. The van der Waals surface area contributed by atoms with Crippen LogP contribution in [0.1, 0.15) is 37.0 Å². The predicted molar refractivity (Wildman–Crippen MR) is 69.1 cm³/mol. The number of hydrogen-bond donors (Lipinski definition) is 0. The van der Waals surface area contributed by atoms with Gasteiger partial charge in [-0.1, -0.05) is 13.8 Å². The minimum atomic E-state index is -0.428. The highest BCUT2D eigenvalue weighted by Gasteiger charge is 2.15. The summed E-state index contributed by atoms with van der Waals surface area (Å²) in [6, 6.07) is 2.71. The number of hydrogen-bond acceptors (Lipinski definition) is 2. The molecule has 0 aliphatic carbocycles. The van der Waals surface area contributed by atoms with Crippen molar-refractivity contribution in [2.75, 3.05) is 7.11 Å². The molecule has 0 aliphatic heterocycles. The van der Waals surface area contributed by atoms with Crippen LogP contribution < -0.4 is 4.74 Å². The highest BCUT2D eigenvalue weighted by molar-refractivity contribution is 9.10. The molecule has 17 heavy (non-hydrogen) atoms. The lowest BCUT2D eigenvalue weighted by atomic mass is 10.0. The molecule has 1 aromatic carbocycles. The van der Waals surface area contributed by atoms with Gasteiger partial charge in [-0.05, 0) is 34.3 Å². The van der Waals surface area contributed by atoms with Gasteiger partial charge in [-0.15, -0.1) is 0 Å². The fourth-order valence-electron chi connectivity index (χ4n) is 1.47. The Kier molecular flexibility index (Phi) is 5.12. The van der Waals surface area contributed by atoms with E-state index in [1.807, 2.05) is 0 Å². The van der Waals surface area contributed by atoms with Gasteiger partial charge >= 0.3 is 0 Å². The third-order valence-electron chi connectivity index (χ3n) is 2.49. The zero-order valence-electron chi connectivity index (χ0n) is 10.2. The maximum Gasteiger partial charge on any atom is 0.166 e. The lowest BCUT2D eigenvalue weighted by Gasteiger charge is -2.09. The molecule has 1 aromatic rings. The fraction of sp³-hybridized carbons (Fsp3) is 0.462. The molecule has 0 saturated heterocycles. The minimum Gasteiger partial charge on any atom is -0.496 e. The van der Waals surface area contributed by atoms with Crippen LogP contribution in [-0.4, -0.2) is 12.9 Å². The van der Waals surface area contributed by atoms with Gasteiger partial charge < -0.3 is 4.74 Å². The molecule has 0 atom stereocenters. The highest BCUT2D eigenvalue weighted by Crippen LogP contribution is 2.27. The Morgan fingerprint density at radius 1 is 1.47 bits per heavy atom. The largest absolute Gasteiger partial charge is 0.496 e. The predicted octanol–water partition coefficient (Wildman–Crippen LogP) is 4.22. The molecule has 0 amide bonds. The summed E-state index contributed by atoms with van der Waals surface area (Å²) in [6.45, 7) is 4.12. The van der Waals surface area contributed by atoms with Gasteiger partial charge in [-0.3, -0.25) is 4.79 Å². The number of methoxy groups -OCH3 is 1. The van der Waals surface area contributed by atoms with E-state index in [1.165, 1.54) is 19.2 Å². The molecule has 0 radical (unpaired) electrons. The molecule has 0 fully saturated rings. The van der Waals surface area contributed by atoms with Gasteiger partial charge in [0, 0.05) is 12.5 Å². The van der Waals surface area contributed by atoms with Crippen LogP contribution in [0.3, 0.4) is 0 Å². The van der Waals surface area contributed by atoms with E-state index in [9.17, 15) is 9.18 Å². The maximum absolute atomic E-state index is 13.3. The fourth-order valence-corrected chi connectivity index (χ4v) is 1.81. The van der Waals surface area contributed by atoms with E-state index >= 15 is 0 Å². The van der Waals surface area contributed by atoms with E-state index in [1.54, 1.807) is 0 Å². The standard InChI is InChI=1S/C13H16BrFO2/c1-8(2)4-5-12(16)9-6-10(14)11(15)7-13(9)17-3/h6-8H,4-5H2,1-3H3. The van der Waals surface area contributed by atoms with Crippen molar-refractivity contribution in [1.82, 2.24) is 0 Å². The van der Waals surface area contributed by atoms with E-state index in [0.29, 0.717) is 23.7 Å². The molecular formula is C13H16BrFO2. The number of Topliss-reactive ketones (excluding diaryl/α,β-unsaturated/α-hetero) is 1. The number of rotatable bonds is 5. The Balaban J connectivity index is 2.96. The van der Waals surface area contributed by atoms with Crippen LogP contribution in [0.25, 0.3) is 0 Å². The van der Waals surface area contributed by atoms with Crippen LogP contribution in [-0.2, 0) is 0 Å². The molecule has 0 saturated carbocycles. The Morgan fingerprint density at radius 3 is 2.65 bits per heavy atom. The Hall–Kier alpha value is -0.900. The average molecular weight is 303 g/mol. The smallest absolute Gasteiger partial charge is 0.166 e. The SMILES string of the molecule is COc1cc(F)c(Br)cc1C(=O)CCC(C)C. The second-order valence-corrected chi connectivity index (χ2v) is 5.18. The van der Waals surface area contributed by atoms with Gasteiger partial charge in [0.2, 0.25) is 0 Å². The first kappa shape index (κ1) is 14.2. The second kappa shape index (κ2) is 6.15. The number of carbonyl (C=O) groups is 1. The summed E-state index contributed by atoms with van der Waals surface area (Å²) in [4.78, 5) is 12.0. The van der Waals surface area contributed by atoms with Crippen LogP contribution >= 0.6 is 15.9 Å². The molecular weight excluding hydrogens is 287 g/mol.